The van der Waals surface area contributed by atoms with E-state index in [0.29, 0.717) is 36.1 Å². The van der Waals surface area contributed by atoms with E-state index >= 15 is 0 Å². The molecule has 0 aromatic heterocycles. The van der Waals surface area contributed by atoms with Crippen molar-refractivity contribution in [2.24, 2.45) is 4.99 Å². The average molecular weight is 593 g/mol. The van der Waals surface area contributed by atoms with Crippen molar-refractivity contribution in [3.8, 4) is 0 Å². The number of amidine groups is 1. The third-order valence-electron chi connectivity index (χ3n) is 5.78. The predicted molar refractivity (Wildman–Crippen MR) is 155 cm³/mol. The molecule has 2 aromatic rings. The maximum Gasteiger partial charge on any atom is 0.416 e. The van der Waals surface area contributed by atoms with Crippen LogP contribution in [0.3, 0.4) is 0 Å². The van der Waals surface area contributed by atoms with Gasteiger partial charge < -0.3 is 20.1 Å². The van der Waals surface area contributed by atoms with Gasteiger partial charge in [-0.25, -0.2) is 13.2 Å². The first-order valence-corrected chi connectivity index (χ1v) is 15.0. The monoisotopic (exact) mass is 592 g/mol. The zero-order valence-corrected chi connectivity index (χ0v) is 24.9. The summed E-state index contributed by atoms with van der Waals surface area (Å²) in [4.78, 5) is 30.8. The molecule has 10 nitrogen and oxygen atoms in total. The van der Waals surface area contributed by atoms with Gasteiger partial charge in [-0.05, 0) is 57.0 Å². The van der Waals surface area contributed by atoms with Crippen molar-refractivity contribution >= 4 is 39.2 Å². The van der Waals surface area contributed by atoms with E-state index in [9.17, 15) is 18.0 Å². The minimum absolute atomic E-state index is 0.0724. The quantitative estimate of drug-likeness (QED) is 0.339. The van der Waals surface area contributed by atoms with Crippen LogP contribution in [0.5, 0.6) is 0 Å². The molecule has 1 aliphatic rings. The Morgan fingerprint density at radius 3 is 2.50 bits per heavy atom. The normalized spacial score (nSPS) is 13.8. The van der Waals surface area contributed by atoms with Crippen LogP contribution in [0.2, 0.25) is 5.02 Å². The van der Waals surface area contributed by atoms with Gasteiger partial charge in [-0.1, -0.05) is 35.9 Å². The minimum Gasteiger partial charge on any atom is -0.443 e. The van der Waals surface area contributed by atoms with Gasteiger partial charge in [0.25, 0.3) is 0 Å². The summed E-state index contributed by atoms with van der Waals surface area (Å²) in [6.45, 7) is 9.28. The second kappa shape index (κ2) is 14.2. The summed E-state index contributed by atoms with van der Waals surface area (Å²) in [5.74, 6) is 0.236. The smallest absolute Gasteiger partial charge is 0.416 e. The van der Waals surface area contributed by atoms with Crippen LogP contribution in [-0.2, 0) is 30.7 Å². The van der Waals surface area contributed by atoms with Gasteiger partial charge in [0, 0.05) is 23.7 Å². The number of carbonyl (C=O) groups excluding carboxylic acids is 2. The molecule has 12 heteroatoms. The highest BCUT2D eigenvalue weighted by Gasteiger charge is 2.29. The number of ketones is 1. The molecule has 0 spiro atoms. The molecule has 3 rings (SSSR count). The predicted octanol–water partition coefficient (Wildman–Crippen LogP) is 3.34. The van der Waals surface area contributed by atoms with Gasteiger partial charge in [0.1, 0.15) is 23.9 Å². The maximum atomic E-state index is 12.5. The van der Waals surface area contributed by atoms with E-state index in [0.717, 1.165) is 11.1 Å². The molecule has 1 aliphatic heterocycles. The Labute approximate surface area is 241 Å². The van der Waals surface area contributed by atoms with Gasteiger partial charge >= 0.3 is 6.09 Å². The number of halogens is 1. The number of carbonyl (C=O) groups is 2. The number of hydrogen-bond acceptors (Lipinski definition) is 9. The highest BCUT2D eigenvalue weighted by molar-refractivity contribution is 7.91. The van der Waals surface area contributed by atoms with Crippen molar-refractivity contribution < 1.29 is 27.5 Å². The van der Waals surface area contributed by atoms with E-state index in [4.69, 9.17) is 21.1 Å². The lowest BCUT2D eigenvalue weighted by molar-refractivity contribution is -0.122. The number of aryl methyl sites for hydroxylation is 1. The molecule has 0 saturated heterocycles. The number of sulfone groups is 1. The Kier molecular flexibility index (Phi) is 11.2. The summed E-state index contributed by atoms with van der Waals surface area (Å²) in [5, 5.41) is 6.44. The third kappa shape index (κ3) is 9.67. The lowest BCUT2D eigenvalue weighted by Gasteiger charge is -2.25. The number of hydrogen-bond donors (Lipinski definition) is 2. The van der Waals surface area contributed by atoms with Crippen molar-refractivity contribution in [3.63, 3.8) is 0 Å². The van der Waals surface area contributed by atoms with Crippen molar-refractivity contribution in [1.29, 1.82) is 0 Å². The SMILES string of the molecule is Cc1cc(S(=O)(=O)CNCCOCC(=O)CNCc2ccc(C3=NCCN3C(=O)OC(C)(C)C)cc2)ccc1Cl. The molecule has 0 atom stereocenters. The van der Waals surface area contributed by atoms with Crippen LogP contribution in [0.15, 0.2) is 52.4 Å². The Balaban J connectivity index is 1.32. The van der Waals surface area contributed by atoms with E-state index in [-0.39, 0.29) is 42.9 Å². The second-order valence-electron chi connectivity index (χ2n) is 10.4. The number of ether oxygens (including phenoxy) is 2. The van der Waals surface area contributed by atoms with Crippen LogP contribution < -0.4 is 10.6 Å². The van der Waals surface area contributed by atoms with Gasteiger partial charge in [-0.15, -0.1) is 0 Å². The Bertz CT molecular complexity index is 1320. The Hall–Kier alpha value is -2.83. The molecule has 218 valence electrons. The topological polar surface area (TPSA) is 126 Å². The second-order valence-corrected chi connectivity index (χ2v) is 12.8. The average Bonchev–Trinajstić information content (AvgIpc) is 3.37. The lowest BCUT2D eigenvalue weighted by atomic mass is 10.1. The van der Waals surface area contributed by atoms with Crippen LogP contribution in [0, 0.1) is 6.92 Å². The van der Waals surface area contributed by atoms with Gasteiger partial charge in [0.2, 0.25) is 0 Å². The van der Waals surface area contributed by atoms with E-state index in [1.807, 2.05) is 45.0 Å². The first kappa shape index (κ1) is 31.7. The summed E-state index contributed by atoms with van der Waals surface area (Å²) in [6.07, 6.45) is -0.413. The molecule has 2 aromatic carbocycles. The molecule has 40 heavy (non-hydrogen) atoms. The first-order chi connectivity index (χ1) is 18.9. The molecule has 0 bridgehead atoms. The van der Waals surface area contributed by atoms with Crippen molar-refractivity contribution in [1.82, 2.24) is 15.5 Å². The van der Waals surface area contributed by atoms with E-state index in [1.165, 1.54) is 6.07 Å². The molecule has 0 aliphatic carbocycles. The van der Waals surface area contributed by atoms with Gasteiger partial charge in [0.15, 0.2) is 15.6 Å². The van der Waals surface area contributed by atoms with Crippen LogP contribution in [-0.4, -0.2) is 81.9 Å². The molecular weight excluding hydrogens is 556 g/mol. The number of nitrogens with one attached hydrogen (secondary N) is 2. The number of Topliss-reactive ketones (excluding diaryl/α,β-unsaturated/α-hetero) is 1. The fourth-order valence-corrected chi connectivity index (χ4v) is 5.12. The lowest BCUT2D eigenvalue weighted by Crippen LogP contribution is -2.39. The van der Waals surface area contributed by atoms with Crippen LogP contribution in [0.4, 0.5) is 4.79 Å². The zero-order chi connectivity index (χ0) is 29.3. The van der Waals surface area contributed by atoms with Gasteiger partial charge in [0.05, 0.1) is 31.1 Å². The summed E-state index contributed by atoms with van der Waals surface area (Å²) in [6, 6.07) is 12.2. The Morgan fingerprint density at radius 2 is 1.82 bits per heavy atom. The fraction of sp³-hybridized carbons (Fsp3) is 0.464. The molecule has 2 N–H and O–H groups in total. The minimum atomic E-state index is -3.49. The summed E-state index contributed by atoms with van der Waals surface area (Å²) >= 11 is 5.96. The molecule has 0 saturated carbocycles. The van der Waals surface area contributed by atoms with Gasteiger partial charge in [-0.3, -0.25) is 14.7 Å². The van der Waals surface area contributed by atoms with Gasteiger partial charge in [-0.2, -0.15) is 0 Å². The van der Waals surface area contributed by atoms with Crippen LogP contribution in [0.1, 0.15) is 37.5 Å². The first-order valence-electron chi connectivity index (χ1n) is 13.0. The molecule has 0 unspecified atom stereocenters. The maximum absolute atomic E-state index is 12.5. The van der Waals surface area contributed by atoms with Crippen molar-refractivity contribution in [2.75, 3.05) is 45.3 Å². The summed E-state index contributed by atoms with van der Waals surface area (Å²) < 4.78 is 35.7. The summed E-state index contributed by atoms with van der Waals surface area (Å²) in [7, 11) is -3.49. The molecule has 1 amide bonds. The zero-order valence-electron chi connectivity index (χ0n) is 23.3. The number of rotatable bonds is 13. The highest BCUT2D eigenvalue weighted by Crippen LogP contribution is 2.20. The number of amides is 1. The number of benzene rings is 2. The van der Waals surface area contributed by atoms with Crippen molar-refractivity contribution in [3.05, 3.63) is 64.2 Å². The van der Waals surface area contributed by atoms with E-state index in [1.54, 1.807) is 24.0 Å². The number of aliphatic imine (C=N–C) groups is 1. The van der Waals surface area contributed by atoms with Crippen LogP contribution in [0.25, 0.3) is 0 Å². The largest absolute Gasteiger partial charge is 0.443 e. The molecule has 0 radical (unpaired) electrons. The Morgan fingerprint density at radius 1 is 1.10 bits per heavy atom. The fourth-order valence-electron chi connectivity index (χ4n) is 3.79. The molecule has 0 fully saturated rings. The van der Waals surface area contributed by atoms with E-state index < -0.39 is 21.5 Å². The van der Waals surface area contributed by atoms with Crippen molar-refractivity contribution in [2.45, 2.75) is 44.7 Å². The van der Waals surface area contributed by atoms with E-state index in [2.05, 4.69) is 15.6 Å². The standard InChI is InChI=1S/C28H37ClN4O6S/c1-20-15-24(9-10-25(20)29)40(36,37)19-30-12-14-38-18-23(34)17-31-16-21-5-7-22(8-6-21)26-32-11-13-33(26)27(35)39-28(2,3)4/h5-10,15,30-31H,11-14,16-19H2,1-4H3. The highest BCUT2D eigenvalue weighted by atomic mass is 35.5. The van der Waals surface area contributed by atoms with Crippen LogP contribution >= 0.6 is 11.6 Å². The summed E-state index contributed by atoms with van der Waals surface area (Å²) in [5.41, 5.74) is 1.91. The number of nitrogens with zero attached hydrogens (tertiary/aromatic N) is 2. The molecular formula is C28H37ClN4O6S. The molecule has 1 heterocycles. The third-order valence-corrected chi connectivity index (χ3v) is 7.77.